The minimum atomic E-state index is -2.86. The zero-order valence-electron chi connectivity index (χ0n) is 6.44. The van der Waals surface area contributed by atoms with E-state index in [0.29, 0.717) is 5.02 Å². The number of alkyl halides is 2. The molecule has 0 unspecified atom stereocenters. The highest BCUT2D eigenvalue weighted by Gasteiger charge is 2.24. The van der Waals surface area contributed by atoms with E-state index < -0.39 is 5.92 Å². The maximum absolute atomic E-state index is 12.7. The molecule has 0 atom stereocenters. The first kappa shape index (κ1) is 9.26. The third-order valence-electron chi connectivity index (χ3n) is 1.50. The van der Waals surface area contributed by atoms with Gasteiger partial charge in [-0.3, -0.25) is 0 Å². The van der Waals surface area contributed by atoms with Crippen LogP contribution in [0.2, 0.25) is 5.02 Å². The van der Waals surface area contributed by atoms with E-state index in [1.54, 1.807) is 0 Å². The number of benzene rings is 1. The molecule has 0 saturated heterocycles. The summed E-state index contributed by atoms with van der Waals surface area (Å²) >= 11 is 5.56. The van der Waals surface area contributed by atoms with Gasteiger partial charge in [-0.1, -0.05) is 17.7 Å². The zero-order valence-corrected chi connectivity index (χ0v) is 7.20. The van der Waals surface area contributed by atoms with Gasteiger partial charge in [-0.2, -0.15) is 0 Å². The van der Waals surface area contributed by atoms with Crippen LogP contribution in [0.4, 0.5) is 14.5 Å². The molecule has 2 N–H and O–H groups in total. The fraction of sp³-hybridized carbons (Fsp3) is 0.250. The van der Waals surface area contributed by atoms with Gasteiger partial charge in [0.2, 0.25) is 0 Å². The second-order valence-electron chi connectivity index (χ2n) is 2.62. The molecule has 0 aliphatic carbocycles. The number of nitrogens with two attached hydrogens (primary N) is 1. The average molecular weight is 192 g/mol. The molecule has 1 aromatic carbocycles. The van der Waals surface area contributed by atoms with Gasteiger partial charge in [0.1, 0.15) is 0 Å². The molecule has 4 heteroatoms. The van der Waals surface area contributed by atoms with Gasteiger partial charge in [0, 0.05) is 12.5 Å². The van der Waals surface area contributed by atoms with Crippen LogP contribution < -0.4 is 5.73 Å². The van der Waals surface area contributed by atoms with Crippen LogP contribution in [0, 0.1) is 0 Å². The van der Waals surface area contributed by atoms with Crippen molar-refractivity contribution in [1.82, 2.24) is 0 Å². The van der Waals surface area contributed by atoms with E-state index in [4.69, 9.17) is 17.3 Å². The van der Waals surface area contributed by atoms with Crippen molar-refractivity contribution in [3.8, 4) is 0 Å². The summed E-state index contributed by atoms with van der Waals surface area (Å²) in [5, 5.41) is 0.294. The van der Waals surface area contributed by atoms with E-state index >= 15 is 0 Å². The van der Waals surface area contributed by atoms with E-state index in [-0.39, 0.29) is 11.3 Å². The van der Waals surface area contributed by atoms with Crippen molar-refractivity contribution in [2.45, 2.75) is 12.8 Å². The second-order valence-corrected chi connectivity index (χ2v) is 3.03. The first-order chi connectivity index (χ1) is 5.41. The molecule has 0 heterocycles. The predicted molar refractivity (Wildman–Crippen MR) is 45.4 cm³/mol. The molecule has 0 radical (unpaired) electrons. The summed E-state index contributed by atoms with van der Waals surface area (Å²) < 4.78 is 25.3. The van der Waals surface area contributed by atoms with Crippen LogP contribution in [0.1, 0.15) is 12.5 Å². The Hall–Kier alpha value is -0.830. The van der Waals surface area contributed by atoms with Crippen LogP contribution >= 0.6 is 11.6 Å². The van der Waals surface area contributed by atoms with Crippen molar-refractivity contribution in [3.05, 3.63) is 28.8 Å². The average Bonchev–Trinajstić information content (AvgIpc) is 1.92. The highest BCUT2D eigenvalue weighted by Crippen LogP contribution is 2.30. The van der Waals surface area contributed by atoms with Crippen LogP contribution in [-0.4, -0.2) is 0 Å². The topological polar surface area (TPSA) is 26.0 Å². The SMILES string of the molecule is CC(F)(F)c1ccc(Cl)c(N)c1. The minimum absolute atomic E-state index is 0.121. The lowest BCUT2D eigenvalue weighted by Gasteiger charge is -2.11. The lowest BCUT2D eigenvalue weighted by Crippen LogP contribution is -2.07. The summed E-state index contributed by atoms with van der Waals surface area (Å²) in [5.74, 6) is -2.86. The van der Waals surface area contributed by atoms with E-state index in [1.807, 2.05) is 0 Å². The zero-order chi connectivity index (χ0) is 9.35. The number of anilines is 1. The molecule has 1 aromatic rings. The first-order valence-corrected chi connectivity index (χ1v) is 3.72. The highest BCUT2D eigenvalue weighted by molar-refractivity contribution is 6.33. The lowest BCUT2D eigenvalue weighted by atomic mass is 10.1. The molecule has 0 spiro atoms. The molecule has 12 heavy (non-hydrogen) atoms. The van der Waals surface area contributed by atoms with Gasteiger partial charge in [-0.25, -0.2) is 8.78 Å². The second kappa shape index (κ2) is 2.90. The van der Waals surface area contributed by atoms with Crippen molar-refractivity contribution in [2.24, 2.45) is 0 Å². The molecule has 66 valence electrons. The lowest BCUT2D eigenvalue weighted by molar-refractivity contribution is 0.0175. The maximum atomic E-state index is 12.7. The van der Waals surface area contributed by atoms with Crippen LogP contribution in [0.25, 0.3) is 0 Å². The van der Waals surface area contributed by atoms with Gasteiger partial charge in [-0.05, 0) is 12.1 Å². The Morgan fingerprint density at radius 2 is 2.00 bits per heavy atom. The summed E-state index contributed by atoms with van der Waals surface area (Å²) in [5.41, 5.74) is 5.41. The van der Waals surface area contributed by atoms with E-state index in [9.17, 15) is 8.78 Å². The van der Waals surface area contributed by atoms with Crippen molar-refractivity contribution >= 4 is 17.3 Å². The maximum Gasteiger partial charge on any atom is 0.270 e. The molecule has 0 aromatic heterocycles. The van der Waals surface area contributed by atoms with Gasteiger partial charge in [0.25, 0.3) is 5.92 Å². The number of rotatable bonds is 1. The molecule has 1 nitrogen and oxygen atoms in total. The first-order valence-electron chi connectivity index (χ1n) is 3.34. The van der Waals surface area contributed by atoms with Crippen LogP contribution in [0.5, 0.6) is 0 Å². The Kier molecular flexibility index (Phi) is 2.24. The summed E-state index contributed by atoms with van der Waals surface area (Å²) in [6.45, 7) is 0.815. The quantitative estimate of drug-likeness (QED) is 0.679. The summed E-state index contributed by atoms with van der Waals surface area (Å²) in [4.78, 5) is 0. The molecule has 0 aliphatic rings. The molecule has 0 aliphatic heterocycles. The van der Waals surface area contributed by atoms with Crippen molar-refractivity contribution in [3.63, 3.8) is 0 Å². The molecular formula is C8H8ClF2N. The fourth-order valence-corrected chi connectivity index (χ4v) is 0.934. The Bertz CT molecular complexity index is 294. The Balaban J connectivity index is 3.14. The van der Waals surface area contributed by atoms with Crippen molar-refractivity contribution in [1.29, 1.82) is 0 Å². The molecule has 1 rings (SSSR count). The van der Waals surface area contributed by atoms with Gasteiger partial charge >= 0.3 is 0 Å². The van der Waals surface area contributed by atoms with E-state index in [2.05, 4.69) is 0 Å². The van der Waals surface area contributed by atoms with Gasteiger partial charge in [0.05, 0.1) is 10.7 Å². The monoisotopic (exact) mass is 191 g/mol. The Morgan fingerprint density at radius 1 is 1.42 bits per heavy atom. The minimum Gasteiger partial charge on any atom is -0.398 e. The smallest absolute Gasteiger partial charge is 0.270 e. The number of hydrogen-bond acceptors (Lipinski definition) is 1. The number of halogens is 3. The molecule has 0 fully saturated rings. The van der Waals surface area contributed by atoms with E-state index in [0.717, 1.165) is 6.92 Å². The predicted octanol–water partition coefficient (Wildman–Crippen LogP) is 3.03. The molecular weight excluding hydrogens is 184 g/mol. The van der Waals surface area contributed by atoms with Crippen molar-refractivity contribution < 1.29 is 8.78 Å². The normalized spacial score (nSPS) is 11.7. The number of nitrogen functional groups attached to an aromatic ring is 1. The standard InChI is InChI=1S/C8H8ClF2N/c1-8(10,11)5-2-3-6(9)7(12)4-5/h2-4H,12H2,1H3. The Morgan fingerprint density at radius 3 is 2.42 bits per heavy atom. The third-order valence-corrected chi connectivity index (χ3v) is 1.85. The molecule has 0 saturated carbocycles. The van der Waals surface area contributed by atoms with Gasteiger partial charge in [0.15, 0.2) is 0 Å². The summed E-state index contributed by atoms with van der Waals surface area (Å²) in [6.07, 6.45) is 0. The van der Waals surface area contributed by atoms with E-state index in [1.165, 1.54) is 18.2 Å². The largest absolute Gasteiger partial charge is 0.398 e. The number of hydrogen-bond donors (Lipinski definition) is 1. The fourth-order valence-electron chi connectivity index (χ4n) is 0.817. The van der Waals surface area contributed by atoms with Crippen LogP contribution in [-0.2, 0) is 5.92 Å². The van der Waals surface area contributed by atoms with Gasteiger partial charge < -0.3 is 5.73 Å². The summed E-state index contributed by atoms with van der Waals surface area (Å²) in [7, 11) is 0. The third kappa shape index (κ3) is 1.85. The van der Waals surface area contributed by atoms with Gasteiger partial charge in [-0.15, -0.1) is 0 Å². The van der Waals surface area contributed by atoms with Crippen LogP contribution in [0.3, 0.4) is 0 Å². The summed E-state index contributed by atoms with van der Waals surface area (Å²) in [6, 6.07) is 3.81. The molecule has 0 amide bonds. The molecule has 0 bridgehead atoms. The highest BCUT2D eigenvalue weighted by atomic mass is 35.5. The van der Waals surface area contributed by atoms with Crippen LogP contribution in [0.15, 0.2) is 18.2 Å². The Labute approximate surface area is 74.1 Å². The van der Waals surface area contributed by atoms with Crippen molar-refractivity contribution in [2.75, 3.05) is 5.73 Å².